The minimum atomic E-state index is 0.349. The molecular weight excluding hydrogens is 228 g/mol. The second-order valence-electron chi connectivity index (χ2n) is 4.82. The molecule has 90 valence electrons. The van der Waals surface area contributed by atoms with Crippen LogP contribution < -0.4 is 4.90 Å². The van der Waals surface area contributed by atoms with E-state index in [0.29, 0.717) is 18.4 Å². The molecule has 1 aliphatic heterocycles. The van der Waals surface area contributed by atoms with E-state index in [0.717, 1.165) is 5.75 Å². The van der Waals surface area contributed by atoms with E-state index in [2.05, 4.69) is 50.1 Å². The highest BCUT2D eigenvalue weighted by Gasteiger charge is 2.23. The third kappa shape index (κ3) is 2.42. The molecule has 0 bridgehead atoms. The van der Waals surface area contributed by atoms with Crippen LogP contribution in [0.1, 0.15) is 31.7 Å². The molecule has 0 fully saturated rings. The lowest BCUT2D eigenvalue weighted by Gasteiger charge is -2.34. The van der Waals surface area contributed by atoms with E-state index >= 15 is 0 Å². The van der Waals surface area contributed by atoms with Gasteiger partial charge < -0.3 is 4.90 Å². The largest absolute Gasteiger partial charge is 0.369 e. The monoisotopic (exact) mass is 246 g/mol. The number of benzene rings is 1. The molecule has 0 spiro atoms. The van der Waals surface area contributed by atoms with Gasteiger partial charge in [-0.2, -0.15) is 5.26 Å². The molecular formula is C14H18N2S. The fourth-order valence-corrected chi connectivity index (χ4v) is 3.39. The predicted octanol–water partition coefficient (Wildman–Crippen LogP) is 3.63. The molecule has 1 heterocycles. The zero-order chi connectivity index (χ0) is 12.4. The van der Waals surface area contributed by atoms with E-state index < -0.39 is 0 Å². The topological polar surface area (TPSA) is 27.0 Å². The van der Waals surface area contributed by atoms with Crippen LogP contribution in [0, 0.1) is 11.3 Å². The van der Waals surface area contributed by atoms with Crippen molar-refractivity contribution in [3.05, 3.63) is 23.8 Å². The van der Waals surface area contributed by atoms with Crippen LogP contribution in [0.3, 0.4) is 0 Å². The highest BCUT2D eigenvalue weighted by Crippen LogP contribution is 2.38. The molecule has 0 aromatic heterocycles. The van der Waals surface area contributed by atoms with Crippen LogP contribution in [0.2, 0.25) is 0 Å². The van der Waals surface area contributed by atoms with Crippen molar-refractivity contribution in [2.45, 2.75) is 37.1 Å². The Labute approximate surface area is 108 Å². The average molecular weight is 246 g/mol. The fourth-order valence-electron chi connectivity index (χ4n) is 2.09. The van der Waals surface area contributed by atoms with Gasteiger partial charge in [-0.3, -0.25) is 0 Å². The first-order valence-corrected chi connectivity index (χ1v) is 6.98. The Kier molecular flexibility index (Phi) is 3.63. The van der Waals surface area contributed by atoms with E-state index in [1.54, 1.807) is 0 Å². The summed E-state index contributed by atoms with van der Waals surface area (Å²) in [5.41, 5.74) is 2.66. The molecule has 1 aliphatic rings. The van der Waals surface area contributed by atoms with Crippen LogP contribution in [-0.4, -0.2) is 18.8 Å². The quantitative estimate of drug-likeness (QED) is 0.797. The summed E-state index contributed by atoms with van der Waals surface area (Å²) in [5, 5.41) is 8.82. The van der Waals surface area contributed by atoms with Crippen LogP contribution in [0.5, 0.6) is 0 Å². The first-order valence-electron chi connectivity index (χ1n) is 6.00. The van der Waals surface area contributed by atoms with Gasteiger partial charge in [0, 0.05) is 17.7 Å². The first-order chi connectivity index (χ1) is 8.13. The van der Waals surface area contributed by atoms with Crippen LogP contribution in [0.4, 0.5) is 5.69 Å². The second kappa shape index (κ2) is 5.01. The standard InChI is InChI=1S/C14H18N2S/c1-10(2)11-4-5-13-14(8-11)17-9-12(6-7-15)16(13)3/h4-5,8,10,12H,6,9H2,1-3H3. The lowest BCUT2D eigenvalue weighted by molar-refractivity contribution is 0.697. The Morgan fingerprint density at radius 3 is 2.94 bits per heavy atom. The number of nitriles is 1. The van der Waals surface area contributed by atoms with E-state index in [1.807, 2.05) is 11.8 Å². The molecule has 2 nitrogen and oxygen atoms in total. The van der Waals surface area contributed by atoms with Crippen molar-refractivity contribution in [1.29, 1.82) is 5.26 Å². The van der Waals surface area contributed by atoms with Gasteiger partial charge in [0.2, 0.25) is 0 Å². The Morgan fingerprint density at radius 2 is 2.29 bits per heavy atom. The van der Waals surface area contributed by atoms with Crippen molar-refractivity contribution in [2.75, 3.05) is 17.7 Å². The summed E-state index contributed by atoms with van der Waals surface area (Å²) in [6.07, 6.45) is 0.606. The van der Waals surface area contributed by atoms with Crippen molar-refractivity contribution >= 4 is 17.4 Å². The number of hydrogen-bond acceptors (Lipinski definition) is 3. The second-order valence-corrected chi connectivity index (χ2v) is 5.88. The number of thioether (sulfide) groups is 1. The van der Waals surface area contributed by atoms with Gasteiger partial charge in [0.25, 0.3) is 0 Å². The molecule has 0 amide bonds. The van der Waals surface area contributed by atoms with E-state index in [9.17, 15) is 0 Å². The predicted molar refractivity (Wildman–Crippen MR) is 73.7 cm³/mol. The molecule has 0 saturated carbocycles. The zero-order valence-corrected chi connectivity index (χ0v) is 11.4. The highest BCUT2D eigenvalue weighted by molar-refractivity contribution is 7.99. The fraction of sp³-hybridized carbons (Fsp3) is 0.500. The summed E-state index contributed by atoms with van der Waals surface area (Å²) in [5.74, 6) is 1.58. The number of hydrogen-bond donors (Lipinski definition) is 0. The van der Waals surface area contributed by atoms with Crippen LogP contribution >= 0.6 is 11.8 Å². The summed E-state index contributed by atoms with van der Waals surface area (Å²) < 4.78 is 0. The van der Waals surface area contributed by atoms with Crippen molar-refractivity contribution < 1.29 is 0 Å². The maximum Gasteiger partial charge on any atom is 0.0643 e. The zero-order valence-electron chi connectivity index (χ0n) is 10.6. The lowest BCUT2D eigenvalue weighted by Crippen LogP contribution is -2.36. The molecule has 1 aromatic rings. The molecule has 0 saturated heterocycles. The molecule has 17 heavy (non-hydrogen) atoms. The van der Waals surface area contributed by atoms with Crippen LogP contribution in [0.25, 0.3) is 0 Å². The number of fused-ring (bicyclic) bond motifs is 1. The van der Waals surface area contributed by atoms with Gasteiger partial charge >= 0.3 is 0 Å². The molecule has 1 aromatic carbocycles. The first kappa shape index (κ1) is 12.3. The number of nitrogens with zero attached hydrogens (tertiary/aromatic N) is 2. The van der Waals surface area contributed by atoms with Crippen molar-refractivity contribution in [3.63, 3.8) is 0 Å². The maximum atomic E-state index is 8.82. The van der Waals surface area contributed by atoms with Crippen molar-refractivity contribution in [3.8, 4) is 6.07 Å². The van der Waals surface area contributed by atoms with Crippen molar-refractivity contribution in [1.82, 2.24) is 0 Å². The van der Waals surface area contributed by atoms with Gasteiger partial charge in [0.05, 0.1) is 24.2 Å². The molecule has 2 rings (SSSR count). The summed E-state index contributed by atoms with van der Waals surface area (Å²) >= 11 is 1.88. The van der Waals surface area contributed by atoms with Gasteiger partial charge in [0.15, 0.2) is 0 Å². The Balaban J connectivity index is 2.29. The number of rotatable bonds is 2. The average Bonchev–Trinajstić information content (AvgIpc) is 2.32. The van der Waals surface area contributed by atoms with Gasteiger partial charge in [-0.25, -0.2) is 0 Å². The van der Waals surface area contributed by atoms with Gasteiger partial charge in [-0.15, -0.1) is 11.8 Å². The minimum absolute atomic E-state index is 0.349. The normalized spacial score (nSPS) is 19.0. The molecule has 0 aliphatic carbocycles. The van der Waals surface area contributed by atoms with E-state index in [1.165, 1.54) is 16.1 Å². The summed E-state index contributed by atoms with van der Waals surface area (Å²) in [7, 11) is 2.09. The molecule has 0 radical (unpaired) electrons. The summed E-state index contributed by atoms with van der Waals surface area (Å²) in [6, 6.07) is 9.32. The summed E-state index contributed by atoms with van der Waals surface area (Å²) in [4.78, 5) is 3.60. The number of anilines is 1. The van der Waals surface area contributed by atoms with Gasteiger partial charge in [-0.05, 0) is 23.6 Å². The van der Waals surface area contributed by atoms with Crippen LogP contribution in [0.15, 0.2) is 23.1 Å². The van der Waals surface area contributed by atoms with Gasteiger partial charge in [-0.1, -0.05) is 19.9 Å². The smallest absolute Gasteiger partial charge is 0.0643 e. The SMILES string of the molecule is CC(C)c1ccc2c(c1)SCC(CC#N)N2C. The highest BCUT2D eigenvalue weighted by atomic mass is 32.2. The Morgan fingerprint density at radius 1 is 1.53 bits per heavy atom. The van der Waals surface area contributed by atoms with E-state index in [-0.39, 0.29) is 0 Å². The summed E-state index contributed by atoms with van der Waals surface area (Å²) in [6.45, 7) is 4.44. The lowest BCUT2D eigenvalue weighted by atomic mass is 10.0. The van der Waals surface area contributed by atoms with Crippen molar-refractivity contribution in [2.24, 2.45) is 0 Å². The van der Waals surface area contributed by atoms with Crippen LogP contribution in [-0.2, 0) is 0 Å². The Hall–Kier alpha value is -1.14. The van der Waals surface area contributed by atoms with Gasteiger partial charge in [0.1, 0.15) is 0 Å². The third-order valence-corrected chi connectivity index (χ3v) is 4.53. The maximum absolute atomic E-state index is 8.82. The molecule has 1 atom stereocenters. The third-order valence-electron chi connectivity index (χ3n) is 3.34. The molecule has 0 N–H and O–H groups in total. The minimum Gasteiger partial charge on any atom is -0.369 e. The molecule has 3 heteroatoms. The Bertz CT molecular complexity index is 448. The molecule has 1 unspecified atom stereocenters. The van der Waals surface area contributed by atoms with E-state index in [4.69, 9.17) is 5.26 Å².